The maximum Gasteiger partial charge on any atom is 0.321 e. The van der Waals surface area contributed by atoms with Gasteiger partial charge in [0.15, 0.2) is 0 Å². The molecule has 4 rings (SSSR count). The maximum absolute atomic E-state index is 12.9. The molecule has 0 unspecified atom stereocenters. The van der Waals surface area contributed by atoms with E-state index < -0.39 is 0 Å². The lowest BCUT2D eigenvalue weighted by molar-refractivity contribution is 0.182. The van der Waals surface area contributed by atoms with Gasteiger partial charge in [-0.2, -0.15) is 0 Å². The number of aromatic nitrogens is 2. The normalized spacial score (nSPS) is 14.8. The van der Waals surface area contributed by atoms with Crippen LogP contribution in [-0.4, -0.2) is 40.7 Å². The number of carbonyl (C=O) groups excluding carboxylic acids is 1. The van der Waals surface area contributed by atoms with Gasteiger partial charge in [-0.15, -0.1) is 0 Å². The van der Waals surface area contributed by atoms with Crippen molar-refractivity contribution in [3.05, 3.63) is 64.7 Å². The lowest BCUT2D eigenvalue weighted by Gasteiger charge is -2.32. The molecule has 2 aromatic carbocycles. The Balaban J connectivity index is 1.44. The van der Waals surface area contributed by atoms with Gasteiger partial charge in [0.25, 0.3) is 5.56 Å². The summed E-state index contributed by atoms with van der Waals surface area (Å²) in [5.41, 5.74) is 2.44. The number of likely N-dealkylation sites (tertiary alicyclic amines) is 1. The van der Waals surface area contributed by atoms with Crippen molar-refractivity contribution < 1.29 is 9.53 Å². The molecule has 0 spiro atoms. The molecule has 1 saturated heterocycles. The summed E-state index contributed by atoms with van der Waals surface area (Å²) in [7, 11) is 1.59. The van der Waals surface area contributed by atoms with Crippen molar-refractivity contribution in [3.63, 3.8) is 0 Å². The van der Waals surface area contributed by atoms with Crippen molar-refractivity contribution in [2.45, 2.75) is 25.8 Å². The Kier molecular flexibility index (Phi) is 5.20. The average molecular weight is 392 g/mol. The van der Waals surface area contributed by atoms with E-state index in [4.69, 9.17) is 4.74 Å². The van der Waals surface area contributed by atoms with Crippen LogP contribution in [-0.2, 0) is 0 Å². The van der Waals surface area contributed by atoms with Crippen LogP contribution >= 0.6 is 0 Å². The van der Waals surface area contributed by atoms with E-state index >= 15 is 0 Å². The number of methoxy groups -OCH3 is 1. The van der Waals surface area contributed by atoms with Crippen LogP contribution < -0.4 is 15.6 Å². The fraction of sp³-hybridized carbons (Fsp3) is 0.318. The Bertz CT molecular complexity index is 1100. The molecule has 1 aliphatic heterocycles. The van der Waals surface area contributed by atoms with Crippen molar-refractivity contribution >= 4 is 22.6 Å². The Morgan fingerprint density at radius 1 is 1.17 bits per heavy atom. The van der Waals surface area contributed by atoms with Gasteiger partial charge < -0.3 is 15.0 Å². The molecule has 7 heteroatoms. The summed E-state index contributed by atoms with van der Waals surface area (Å²) in [4.78, 5) is 31.7. The van der Waals surface area contributed by atoms with Crippen LogP contribution in [0.15, 0.2) is 53.6 Å². The van der Waals surface area contributed by atoms with Crippen LogP contribution in [0.4, 0.5) is 10.5 Å². The zero-order chi connectivity index (χ0) is 20.4. The van der Waals surface area contributed by atoms with Crippen LogP contribution in [0.25, 0.3) is 10.9 Å². The van der Waals surface area contributed by atoms with E-state index in [0.29, 0.717) is 48.3 Å². The summed E-state index contributed by atoms with van der Waals surface area (Å²) in [5, 5.41) is 3.55. The van der Waals surface area contributed by atoms with Crippen LogP contribution in [0.1, 0.15) is 24.4 Å². The van der Waals surface area contributed by atoms with Crippen molar-refractivity contribution in [2.75, 3.05) is 25.5 Å². The van der Waals surface area contributed by atoms with Crippen LogP contribution in [0, 0.1) is 6.92 Å². The second kappa shape index (κ2) is 7.95. The van der Waals surface area contributed by atoms with Crippen LogP contribution in [0.5, 0.6) is 5.75 Å². The highest BCUT2D eigenvalue weighted by Gasteiger charge is 2.25. The average Bonchev–Trinajstić information content (AvgIpc) is 2.75. The molecule has 2 amide bonds. The first-order valence-corrected chi connectivity index (χ1v) is 9.72. The van der Waals surface area contributed by atoms with Gasteiger partial charge in [-0.3, -0.25) is 9.36 Å². The van der Waals surface area contributed by atoms with Gasteiger partial charge >= 0.3 is 6.03 Å². The number of piperidine rings is 1. The number of aryl methyl sites for hydroxylation is 1. The Labute approximate surface area is 168 Å². The second-order valence-electron chi connectivity index (χ2n) is 7.36. The van der Waals surface area contributed by atoms with Crippen molar-refractivity contribution in [3.8, 4) is 5.75 Å². The summed E-state index contributed by atoms with van der Waals surface area (Å²) >= 11 is 0. The van der Waals surface area contributed by atoms with Crippen LogP contribution in [0.2, 0.25) is 0 Å². The minimum absolute atomic E-state index is 0.0158. The Hall–Kier alpha value is -3.35. The SMILES string of the molecule is COc1cccc(NC(=O)N2CCC(n3cnc4ccc(C)cc4c3=O)CC2)c1. The second-order valence-corrected chi connectivity index (χ2v) is 7.36. The molecule has 7 nitrogen and oxygen atoms in total. The smallest absolute Gasteiger partial charge is 0.321 e. The largest absolute Gasteiger partial charge is 0.497 e. The van der Waals surface area contributed by atoms with Gasteiger partial charge in [0.2, 0.25) is 0 Å². The van der Waals surface area contributed by atoms with Crippen molar-refractivity contribution in [1.29, 1.82) is 0 Å². The zero-order valence-corrected chi connectivity index (χ0v) is 16.6. The van der Waals surface area contributed by atoms with Gasteiger partial charge in [-0.1, -0.05) is 17.7 Å². The first-order valence-electron chi connectivity index (χ1n) is 9.72. The number of fused-ring (bicyclic) bond motifs is 1. The number of hydrogen-bond acceptors (Lipinski definition) is 4. The molecular weight excluding hydrogens is 368 g/mol. The molecule has 0 saturated carbocycles. The number of rotatable bonds is 3. The minimum Gasteiger partial charge on any atom is -0.497 e. The van der Waals surface area contributed by atoms with Gasteiger partial charge in [0.05, 0.1) is 24.3 Å². The highest BCUT2D eigenvalue weighted by molar-refractivity contribution is 5.89. The molecule has 29 heavy (non-hydrogen) atoms. The van der Waals surface area contributed by atoms with E-state index in [2.05, 4.69) is 10.3 Å². The predicted molar refractivity (Wildman–Crippen MR) is 113 cm³/mol. The molecule has 0 atom stereocenters. The van der Waals surface area contributed by atoms with E-state index in [9.17, 15) is 9.59 Å². The van der Waals surface area contributed by atoms with Crippen LogP contribution in [0.3, 0.4) is 0 Å². The first-order chi connectivity index (χ1) is 14.0. The molecule has 0 radical (unpaired) electrons. The lowest BCUT2D eigenvalue weighted by atomic mass is 10.0. The van der Waals surface area contributed by atoms with Crippen molar-refractivity contribution in [1.82, 2.24) is 14.5 Å². The van der Waals surface area contributed by atoms with Gasteiger partial charge in [-0.05, 0) is 44.0 Å². The molecule has 2 heterocycles. The third kappa shape index (κ3) is 3.94. The van der Waals surface area contributed by atoms with Gasteiger partial charge in [0.1, 0.15) is 5.75 Å². The standard InChI is InChI=1S/C22H24N4O3/c1-15-6-7-20-19(12-15)21(27)26(14-23-20)17-8-10-25(11-9-17)22(28)24-16-4-3-5-18(13-16)29-2/h3-7,12-14,17H,8-11H2,1-2H3,(H,24,28). The molecular formula is C22H24N4O3. The molecule has 3 aromatic rings. The summed E-state index contributed by atoms with van der Waals surface area (Å²) in [6.07, 6.45) is 3.06. The molecule has 1 aliphatic rings. The lowest BCUT2D eigenvalue weighted by Crippen LogP contribution is -2.42. The van der Waals surface area contributed by atoms with E-state index in [1.54, 1.807) is 29.0 Å². The minimum atomic E-state index is -0.142. The molecule has 1 fully saturated rings. The van der Waals surface area contributed by atoms with E-state index in [1.807, 2.05) is 43.3 Å². The maximum atomic E-state index is 12.9. The van der Waals surface area contributed by atoms with Gasteiger partial charge in [0, 0.05) is 30.9 Å². The summed E-state index contributed by atoms with van der Waals surface area (Å²) in [6, 6.07) is 12.9. The highest BCUT2D eigenvalue weighted by atomic mass is 16.5. The van der Waals surface area contributed by atoms with E-state index in [-0.39, 0.29) is 17.6 Å². The molecule has 1 aromatic heterocycles. The number of anilines is 1. The first kappa shape index (κ1) is 19.0. The monoisotopic (exact) mass is 392 g/mol. The number of carbonyl (C=O) groups is 1. The molecule has 0 aliphatic carbocycles. The quantitative estimate of drug-likeness (QED) is 0.739. The molecule has 0 bridgehead atoms. The number of urea groups is 1. The van der Waals surface area contributed by atoms with E-state index in [1.165, 1.54) is 0 Å². The number of hydrogen-bond donors (Lipinski definition) is 1. The van der Waals surface area contributed by atoms with Crippen molar-refractivity contribution in [2.24, 2.45) is 0 Å². The number of amides is 2. The Morgan fingerprint density at radius 3 is 2.72 bits per heavy atom. The van der Waals surface area contributed by atoms with Gasteiger partial charge in [-0.25, -0.2) is 9.78 Å². The summed E-state index contributed by atoms with van der Waals surface area (Å²) < 4.78 is 6.91. The summed E-state index contributed by atoms with van der Waals surface area (Å²) in [5.74, 6) is 0.694. The number of nitrogens with zero attached hydrogens (tertiary/aromatic N) is 3. The number of benzene rings is 2. The highest BCUT2D eigenvalue weighted by Crippen LogP contribution is 2.23. The number of nitrogens with one attached hydrogen (secondary N) is 1. The third-order valence-corrected chi connectivity index (χ3v) is 5.40. The topological polar surface area (TPSA) is 76.5 Å². The zero-order valence-electron chi connectivity index (χ0n) is 16.6. The number of ether oxygens (including phenoxy) is 1. The Morgan fingerprint density at radius 2 is 1.97 bits per heavy atom. The van der Waals surface area contributed by atoms with E-state index in [0.717, 1.165) is 5.56 Å². The fourth-order valence-corrected chi connectivity index (χ4v) is 3.76. The molecule has 150 valence electrons. The predicted octanol–water partition coefficient (Wildman–Crippen LogP) is 3.58. The molecule has 1 N–H and O–H groups in total. The fourth-order valence-electron chi connectivity index (χ4n) is 3.76. The summed E-state index contributed by atoms with van der Waals surface area (Å²) in [6.45, 7) is 3.13. The third-order valence-electron chi connectivity index (χ3n) is 5.40.